The van der Waals surface area contributed by atoms with Gasteiger partial charge in [-0.25, -0.2) is 0 Å². The lowest BCUT2D eigenvalue weighted by atomic mass is 10.1. The molecule has 0 unspecified atom stereocenters. The van der Waals surface area contributed by atoms with Gasteiger partial charge in [-0.15, -0.1) is 0 Å². The van der Waals surface area contributed by atoms with Gasteiger partial charge in [-0.05, 0) is 38.3 Å². The Balaban J connectivity index is 1.86. The molecule has 1 heterocycles. The van der Waals surface area contributed by atoms with Crippen molar-refractivity contribution in [2.75, 3.05) is 20.1 Å². The van der Waals surface area contributed by atoms with E-state index in [1.165, 1.54) is 49.1 Å². The minimum Gasteiger partial charge on any atom is -0.313 e. The van der Waals surface area contributed by atoms with Crippen LogP contribution in [0.1, 0.15) is 50.1 Å². The van der Waals surface area contributed by atoms with E-state index in [4.69, 9.17) is 0 Å². The Morgan fingerprint density at radius 1 is 1.26 bits per heavy atom. The molecule has 2 N–H and O–H groups in total. The average Bonchev–Trinajstić information content (AvgIpc) is 2.60. The van der Waals surface area contributed by atoms with Crippen molar-refractivity contribution < 1.29 is 0 Å². The summed E-state index contributed by atoms with van der Waals surface area (Å²) in [5.41, 5.74) is 4.16. The smallest absolute Gasteiger partial charge is 0.0796 e. The van der Waals surface area contributed by atoms with Crippen molar-refractivity contribution in [2.24, 2.45) is 0 Å². The zero-order valence-corrected chi connectivity index (χ0v) is 12.6. The molecule has 0 aromatic carbocycles. The van der Waals surface area contributed by atoms with Gasteiger partial charge >= 0.3 is 0 Å². The van der Waals surface area contributed by atoms with Gasteiger partial charge in [0.05, 0.1) is 5.69 Å². The van der Waals surface area contributed by atoms with Gasteiger partial charge in [-0.3, -0.25) is 10.00 Å². The van der Waals surface area contributed by atoms with Crippen LogP contribution in [0.2, 0.25) is 0 Å². The molecule has 19 heavy (non-hydrogen) atoms. The zero-order chi connectivity index (χ0) is 13.7. The van der Waals surface area contributed by atoms with Crippen LogP contribution in [0.15, 0.2) is 0 Å². The van der Waals surface area contributed by atoms with Crippen LogP contribution >= 0.6 is 0 Å². The van der Waals surface area contributed by atoms with Gasteiger partial charge in [0.1, 0.15) is 0 Å². The monoisotopic (exact) mass is 264 g/mol. The summed E-state index contributed by atoms with van der Waals surface area (Å²) in [5, 5.41) is 11.2. The molecule has 0 bridgehead atoms. The predicted molar refractivity (Wildman–Crippen MR) is 79.3 cm³/mol. The minimum atomic E-state index is 0.565. The topological polar surface area (TPSA) is 44.0 Å². The summed E-state index contributed by atoms with van der Waals surface area (Å²) in [6.45, 7) is 7.45. The molecule has 108 valence electrons. The third-order valence-corrected chi connectivity index (χ3v) is 3.86. The molecule has 0 fully saturated rings. The fraction of sp³-hybridized carbons (Fsp3) is 0.800. The highest BCUT2D eigenvalue weighted by Gasteiger charge is 2.16. The summed E-state index contributed by atoms with van der Waals surface area (Å²) in [5.74, 6) is 0. The quantitative estimate of drug-likeness (QED) is 0.773. The number of fused-ring (bicyclic) bond motifs is 1. The Morgan fingerprint density at radius 2 is 2.05 bits per heavy atom. The molecule has 0 radical (unpaired) electrons. The van der Waals surface area contributed by atoms with E-state index in [1.54, 1.807) is 0 Å². The maximum Gasteiger partial charge on any atom is 0.0796 e. The second-order valence-electron chi connectivity index (χ2n) is 6.03. The molecule has 2 rings (SSSR count). The van der Waals surface area contributed by atoms with Crippen molar-refractivity contribution in [2.45, 2.75) is 58.5 Å². The predicted octanol–water partition coefficient (Wildman–Crippen LogP) is 2.11. The number of H-pyrrole nitrogens is 1. The van der Waals surface area contributed by atoms with Crippen LogP contribution in [-0.4, -0.2) is 41.3 Å². The fourth-order valence-electron chi connectivity index (χ4n) is 2.74. The van der Waals surface area contributed by atoms with Crippen LogP contribution in [0.25, 0.3) is 0 Å². The molecule has 1 aromatic rings. The minimum absolute atomic E-state index is 0.565. The first kappa shape index (κ1) is 14.5. The third kappa shape index (κ3) is 4.32. The summed E-state index contributed by atoms with van der Waals surface area (Å²) in [7, 11) is 2.18. The van der Waals surface area contributed by atoms with Gasteiger partial charge in [0.25, 0.3) is 0 Å². The SMILES string of the molecule is CC(C)NCCN(C)Cc1n[nH]c2c1CCCCC2. The first-order valence-corrected chi connectivity index (χ1v) is 7.63. The summed E-state index contributed by atoms with van der Waals surface area (Å²) in [6.07, 6.45) is 6.37. The Morgan fingerprint density at radius 3 is 2.84 bits per heavy atom. The van der Waals surface area contributed by atoms with E-state index in [0.717, 1.165) is 19.6 Å². The number of aromatic nitrogens is 2. The first-order chi connectivity index (χ1) is 9.16. The molecule has 0 aliphatic heterocycles. The van der Waals surface area contributed by atoms with Crippen molar-refractivity contribution >= 4 is 0 Å². The summed E-state index contributed by atoms with van der Waals surface area (Å²) >= 11 is 0. The third-order valence-electron chi connectivity index (χ3n) is 3.86. The average molecular weight is 264 g/mol. The number of nitrogens with one attached hydrogen (secondary N) is 2. The van der Waals surface area contributed by atoms with Crippen LogP contribution < -0.4 is 5.32 Å². The van der Waals surface area contributed by atoms with Crippen LogP contribution in [0, 0.1) is 0 Å². The van der Waals surface area contributed by atoms with Crippen LogP contribution in [0.3, 0.4) is 0 Å². The van der Waals surface area contributed by atoms with Crippen LogP contribution in [-0.2, 0) is 19.4 Å². The van der Waals surface area contributed by atoms with E-state index in [-0.39, 0.29) is 0 Å². The van der Waals surface area contributed by atoms with E-state index in [0.29, 0.717) is 6.04 Å². The number of likely N-dealkylation sites (N-methyl/N-ethyl adjacent to an activating group) is 1. The number of aromatic amines is 1. The zero-order valence-electron chi connectivity index (χ0n) is 12.6. The highest BCUT2D eigenvalue weighted by Crippen LogP contribution is 2.22. The molecule has 1 aromatic heterocycles. The first-order valence-electron chi connectivity index (χ1n) is 7.63. The van der Waals surface area contributed by atoms with Crippen molar-refractivity contribution in [3.05, 3.63) is 17.0 Å². The number of aryl methyl sites for hydroxylation is 1. The molecule has 0 spiro atoms. The lowest BCUT2D eigenvalue weighted by Gasteiger charge is -2.17. The fourth-order valence-corrected chi connectivity index (χ4v) is 2.74. The lowest BCUT2D eigenvalue weighted by Crippen LogP contribution is -2.32. The summed E-state index contributed by atoms with van der Waals surface area (Å²) in [4.78, 5) is 2.36. The molecule has 4 nitrogen and oxygen atoms in total. The van der Waals surface area contributed by atoms with Gasteiger partial charge in [-0.1, -0.05) is 20.3 Å². The Labute approximate surface area is 117 Å². The van der Waals surface area contributed by atoms with E-state index in [2.05, 4.69) is 41.3 Å². The summed E-state index contributed by atoms with van der Waals surface area (Å²) in [6, 6.07) is 0.565. The van der Waals surface area contributed by atoms with Crippen molar-refractivity contribution in [1.82, 2.24) is 20.4 Å². The van der Waals surface area contributed by atoms with Crippen molar-refractivity contribution in [3.63, 3.8) is 0 Å². The van der Waals surface area contributed by atoms with E-state index in [9.17, 15) is 0 Å². The normalized spacial score (nSPS) is 15.8. The maximum absolute atomic E-state index is 4.54. The van der Waals surface area contributed by atoms with Gasteiger partial charge < -0.3 is 5.32 Å². The Bertz CT molecular complexity index is 383. The number of rotatable bonds is 6. The Kier molecular flexibility index (Phi) is 5.40. The van der Waals surface area contributed by atoms with Crippen molar-refractivity contribution in [1.29, 1.82) is 0 Å². The van der Waals surface area contributed by atoms with Gasteiger partial charge in [-0.2, -0.15) is 5.10 Å². The molecule has 1 aliphatic carbocycles. The van der Waals surface area contributed by atoms with Crippen molar-refractivity contribution in [3.8, 4) is 0 Å². The van der Waals surface area contributed by atoms with E-state index < -0.39 is 0 Å². The van der Waals surface area contributed by atoms with Gasteiger partial charge in [0.15, 0.2) is 0 Å². The largest absolute Gasteiger partial charge is 0.313 e. The number of hydrogen-bond acceptors (Lipinski definition) is 3. The number of hydrogen-bond donors (Lipinski definition) is 2. The molecule has 0 saturated heterocycles. The van der Waals surface area contributed by atoms with Gasteiger partial charge in [0, 0.05) is 31.4 Å². The highest BCUT2D eigenvalue weighted by molar-refractivity contribution is 5.26. The molecule has 4 heteroatoms. The second-order valence-corrected chi connectivity index (χ2v) is 6.03. The standard InChI is InChI=1S/C15H28N4/c1-12(2)16-9-10-19(3)11-15-13-7-5-4-6-8-14(13)17-18-15/h12,16H,4-11H2,1-3H3,(H,17,18). The Hall–Kier alpha value is -0.870. The summed E-state index contributed by atoms with van der Waals surface area (Å²) < 4.78 is 0. The molecule has 0 atom stereocenters. The molecule has 0 saturated carbocycles. The van der Waals surface area contributed by atoms with E-state index >= 15 is 0 Å². The molecule has 0 amide bonds. The lowest BCUT2D eigenvalue weighted by molar-refractivity contribution is 0.315. The maximum atomic E-state index is 4.54. The van der Waals surface area contributed by atoms with E-state index in [1.807, 2.05) is 0 Å². The highest BCUT2D eigenvalue weighted by atomic mass is 15.2. The molecular formula is C15H28N4. The van der Waals surface area contributed by atoms with Crippen LogP contribution in [0.4, 0.5) is 0 Å². The molecular weight excluding hydrogens is 236 g/mol. The van der Waals surface area contributed by atoms with Crippen LogP contribution in [0.5, 0.6) is 0 Å². The number of nitrogens with zero attached hydrogens (tertiary/aromatic N) is 2. The molecule has 1 aliphatic rings. The second kappa shape index (κ2) is 7.06. The van der Waals surface area contributed by atoms with Gasteiger partial charge in [0.2, 0.25) is 0 Å².